The first-order chi connectivity index (χ1) is 3.97. The summed E-state index contributed by atoms with van der Waals surface area (Å²) in [6.45, 7) is 0. The molecule has 4 heteroatoms. The lowest BCUT2D eigenvalue weighted by molar-refractivity contribution is 0.633. The van der Waals surface area contributed by atoms with Crippen LogP contribution >= 0.6 is 23.7 Å². The molecule has 2 rings (SSSR count). The van der Waals surface area contributed by atoms with Crippen LogP contribution in [0.3, 0.4) is 0 Å². The molecule has 0 atom stereocenters. The molecule has 0 bridgehead atoms. The lowest BCUT2D eigenvalue weighted by Gasteiger charge is -1.80. The number of fused-ring (bicyclic) bond motifs is 1. The molecule has 0 saturated heterocycles. The summed E-state index contributed by atoms with van der Waals surface area (Å²) in [6, 6.07) is 1.89. The summed E-state index contributed by atoms with van der Waals surface area (Å²) in [5.74, 6) is 0.847. The molecule has 8 heavy (non-hydrogen) atoms. The monoisotopic (exact) mass is 146 g/mol. The molecule has 1 aromatic heterocycles. The Kier molecular flexibility index (Phi) is 0.884. The largest absolute Gasteiger partial charge is 0.386 e. The van der Waals surface area contributed by atoms with Gasteiger partial charge in [0.25, 0.3) is 12.3 Å². The maximum Gasteiger partial charge on any atom is 0.294 e. The van der Waals surface area contributed by atoms with Crippen molar-refractivity contribution in [3.05, 3.63) is 11.4 Å². The van der Waals surface area contributed by atoms with Gasteiger partial charge in [0.2, 0.25) is 5.06 Å². The number of hydrogen-bond acceptors (Lipinski definition) is 4. The van der Waals surface area contributed by atoms with Crippen molar-refractivity contribution in [2.45, 2.75) is 0 Å². The maximum absolute atomic E-state index is 4.95. The first-order valence-electron chi connectivity index (χ1n) is 2.05. The van der Waals surface area contributed by atoms with Crippen molar-refractivity contribution in [1.29, 1.82) is 0 Å². The lowest BCUT2D eigenvalue weighted by Crippen LogP contribution is -1.68. The first-order valence-corrected chi connectivity index (χ1v) is 3.60. The van der Waals surface area contributed by atoms with E-state index in [9.17, 15) is 0 Å². The van der Waals surface area contributed by atoms with Crippen LogP contribution in [0.15, 0.2) is 11.4 Å². The number of rotatable bonds is 0. The van der Waals surface area contributed by atoms with Crippen molar-refractivity contribution >= 4 is 23.7 Å². The average Bonchev–Trinajstić information content (AvgIpc) is 2.15. The molecule has 1 aromatic rings. The molecule has 1 aliphatic heterocycles. The molecule has 2 heterocycles. The summed E-state index contributed by atoms with van der Waals surface area (Å²) >= 11 is 2.56. The molecule has 0 radical (unpaired) electrons. The Balaban J connectivity index is 2.54. The minimum absolute atomic E-state index is 0.847. The second-order valence-corrected chi connectivity index (χ2v) is 2.66. The SMILES string of the molecule is c1cc2c(s1)OSO2. The Morgan fingerprint density at radius 3 is 3.25 bits per heavy atom. The van der Waals surface area contributed by atoms with Gasteiger partial charge in [-0.25, -0.2) is 0 Å². The highest BCUT2D eigenvalue weighted by Crippen LogP contribution is 2.42. The molecule has 0 unspecified atom stereocenters. The molecule has 1 aliphatic rings. The van der Waals surface area contributed by atoms with Crippen molar-refractivity contribution in [2.75, 3.05) is 0 Å². The Morgan fingerprint density at radius 1 is 1.38 bits per heavy atom. The Bertz CT molecular complexity index is 177. The van der Waals surface area contributed by atoms with Crippen LogP contribution in [0.4, 0.5) is 0 Å². The zero-order chi connectivity index (χ0) is 5.40. The highest BCUT2D eigenvalue weighted by Gasteiger charge is 2.15. The maximum atomic E-state index is 4.95. The fourth-order valence-corrected chi connectivity index (χ4v) is 1.71. The van der Waals surface area contributed by atoms with Gasteiger partial charge in [-0.3, -0.25) is 0 Å². The van der Waals surface area contributed by atoms with Gasteiger partial charge in [0.1, 0.15) is 0 Å². The van der Waals surface area contributed by atoms with Crippen molar-refractivity contribution in [2.24, 2.45) is 0 Å². The van der Waals surface area contributed by atoms with E-state index in [4.69, 9.17) is 8.37 Å². The van der Waals surface area contributed by atoms with E-state index in [2.05, 4.69) is 0 Å². The van der Waals surface area contributed by atoms with E-state index >= 15 is 0 Å². The fourth-order valence-electron chi connectivity index (χ4n) is 0.491. The van der Waals surface area contributed by atoms with E-state index in [-0.39, 0.29) is 0 Å². The van der Waals surface area contributed by atoms with Crippen LogP contribution in [0.1, 0.15) is 0 Å². The Morgan fingerprint density at radius 2 is 2.38 bits per heavy atom. The molecular weight excluding hydrogens is 144 g/mol. The van der Waals surface area contributed by atoms with Crippen molar-refractivity contribution in [3.63, 3.8) is 0 Å². The van der Waals surface area contributed by atoms with Crippen LogP contribution in [-0.2, 0) is 0 Å². The average molecular weight is 146 g/mol. The Hall–Kier alpha value is -0.350. The quantitative estimate of drug-likeness (QED) is 0.522. The summed E-state index contributed by atoms with van der Waals surface area (Å²) in [4.78, 5) is 0. The highest BCUT2D eigenvalue weighted by atomic mass is 32.2. The van der Waals surface area contributed by atoms with Gasteiger partial charge < -0.3 is 8.37 Å². The van der Waals surface area contributed by atoms with Gasteiger partial charge in [-0.2, -0.15) is 0 Å². The third-order valence-electron chi connectivity index (χ3n) is 0.829. The van der Waals surface area contributed by atoms with E-state index in [1.807, 2.05) is 11.4 Å². The summed E-state index contributed by atoms with van der Waals surface area (Å²) < 4.78 is 9.89. The fraction of sp³-hybridized carbons (Fsp3) is 0. The highest BCUT2D eigenvalue weighted by molar-refractivity contribution is 7.91. The van der Waals surface area contributed by atoms with E-state index in [0.29, 0.717) is 0 Å². The summed E-state index contributed by atoms with van der Waals surface area (Å²) in [7, 11) is 0. The van der Waals surface area contributed by atoms with Crippen LogP contribution in [-0.4, -0.2) is 0 Å². The van der Waals surface area contributed by atoms with Crippen molar-refractivity contribution in [1.82, 2.24) is 0 Å². The number of hydrogen-bond donors (Lipinski definition) is 0. The topological polar surface area (TPSA) is 18.5 Å². The molecular formula is C4H2O2S2. The van der Waals surface area contributed by atoms with Gasteiger partial charge in [-0.05, 0) is 11.4 Å². The number of thiophene rings is 1. The zero-order valence-corrected chi connectivity index (χ0v) is 5.42. The van der Waals surface area contributed by atoms with Gasteiger partial charge in [0, 0.05) is 0 Å². The molecule has 42 valence electrons. The van der Waals surface area contributed by atoms with Gasteiger partial charge in [0.15, 0.2) is 5.75 Å². The second-order valence-electron chi connectivity index (χ2n) is 1.31. The predicted octanol–water partition coefficient (Wildman–Crippen LogP) is 2.08. The molecule has 0 fully saturated rings. The minimum Gasteiger partial charge on any atom is -0.386 e. The van der Waals surface area contributed by atoms with E-state index in [0.717, 1.165) is 23.1 Å². The van der Waals surface area contributed by atoms with Gasteiger partial charge >= 0.3 is 0 Å². The smallest absolute Gasteiger partial charge is 0.294 e. The van der Waals surface area contributed by atoms with Crippen molar-refractivity contribution in [3.8, 4) is 10.8 Å². The normalized spacial score (nSPS) is 14.5. The molecule has 0 aromatic carbocycles. The third-order valence-corrected chi connectivity index (χ3v) is 2.19. The molecule has 0 amide bonds. The molecule has 0 aliphatic carbocycles. The van der Waals surface area contributed by atoms with Gasteiger partial charge in [-0.1, -0.05) is 0 Å². The minimum atomic E-state index is 0.847. The van der Waals surface area contributed by atoms with Crippen LogP contribution in [0.5, 0.6) is 10.8 Å². The van der Waals surface area contributed by atoms with E-state index in [1.54, 1.807) is 11.3 Å². The molecule has 0 spiro atoms. The summed E-state index contributed by atoms with van der Waals surface area (Å²) in [5.41, 5.74) is 0. The van der Waals surface area contributed by atoms with Crippen LogP contribution in [0, 0.1) is 0 Å². The Labute approximate surface area is 54.8 Å². The van der Waals surface area contributed by atoms with E-state index in [1.165, 1.54) is 0 Å². The second kappa shape index (κ2) is 1.56. The summed E-state index contributed by atoms with van der Waals surface area (Å²) in [5, 5.41) is 2.81. The van der Waals surface area contributed by atoms with Crippen LogP contribution < -0.4 is 8.37 Å². The van der Waals surface area contributed by atoms with Gasteiger partial charge in [0.05, 0.1) is 0 Å². The first kappa shape index (κ1) is 4.52. The third kappa shape index (κ3) is 0.499. The molecule has 2 nitrogen and oxygen atoms in total. The molecule has 0 N–H and O–H groups in total. The zero-order valence-electron chi connectivity index (χ0n) is 3.79. The summed E-state index contributed by atoms with van der Waals surface area (Å²) in [6.07, 6.45) is 0. The van der Waals surface area contributed by atoms with Crippen LogP contribution in [0.25, 0.3) is 0 Å². The predicted molar refractivity (Wildman–Crippen MR) is 33.2 cm³/mol. The van der Waals surface area contributed by atoms with Crippen LogP contribution in [0.2, 0.25) is 0 Å². The standard InChI is InChI=1S/C4H2O2S2/c1-2-7-4-3(1)5-8-6-4/h1-2H. The van der Waals surface area contributed by atoms with Gasteiger partial charge in [-0.15, -0.1) is 11.3 Å². The lowest BCUT2D eigenvalue weighted by atomic mass is 10.6. The van der Waals surface area contributed by atoms with E-state index < -0.39 is 0 Å². The molecule has 0 saturated carbocycles. The van der Waals surface area contributed by atoms with Crippen molar-refractivity contribution < 1.29 is 8.37 Å².